The number of hydrogen-bond acceptors (Lipinski definition) is 1. The Morgan fingerprint density at radius 1 is 1.40 bits per heavy atom. The van der Waals surface area contributed by atoms with Crippen molar-refractivity contribution in [2.75, 3.05) is 6.54 Å². The summed E-state index contributed by atoms with van der Waals surface area (Å²) in [4.78, 5) is 2.65. The summed E-state index contributed by atoms with van der Waals surface area (Å²) in [5, 5.41) is 3.40. The Labute approximate surface area is 93.7 Å². The standard InChI is InChI=1S/C11H10ClN3/c12-9-11-7-2-1-5-10(11)6-3-4-8-14-15-13/h1-2,5,7H,4,8-9H2. The van der Waals surface area contributed by atoms with Crippen molar-refractivity contribution in [3.05, 3.63) is 45.8 Å². The molecule has 0 aliphatic carbocycles. The van der Waals surface area contributed by atoms with Crippen LogP contribution in [0.4, 0.5) is 0 Å². The fourth-order valence-electron chi connectivity index (χ4n) is 1.07. The minimum Gasteiger partial charge on any atom is -0.122 e. The van der Waals surface area contributed by atoms with E-state index in [0.717, 1.165) is 11.1 Å². The van der Waals surface area contributed by atoms with Gasteiger partial charge in [-0.3, -0.25) is 0 Å². The lowest BCUT2D eigenvalue weighted by atomic mass is 10.1. The lowest BCUT2D eigenvalue weighted by Gasteiger charge is -1.97. The minimum absolute atomic E-state index is 0.409. The Hall–Kier alpha value is -1.62. The van der Waals surface area contributed by atoms with Crippen LogP contribution < -0.4 is 0 Å². The van der Waals surface area contributed by atoms with E-state index in [0.29, 0.717) is 18.8 Å². The van der Waals surface area contributed by atoms with E-state index in [1.807, 2.05) is 24.3 Å². The van der Waals surface area contributed by atoms with Crippen molar-refractivity contribution in [2.24, 2.45) is 5.11 Å². The molecule has 0 aromatic heterocycles. The molecule has 1 rings (SSSR count). The van der Waals surface area contributed by atoms with Crippen LogP contribution in [0.3, 0.4) is 0 Å². The highest BCUT2D eigenvalue weighted by Crippen LogP contribution is 2.09. The van der Waals surface area contributed by atoms with Gasteiger partial charge in [-0.1, -0.05) is 35.2 Å². The number of benzene rings is 1. The minimum atomic E-state index is 0.409. The molecule has 0 aliphatic heterocycles. The Morgan fingerprint density at radius 3 is 2.93 bits per heavy atom. The molecule has 0 amide bonds. The first-order valence-electron chi connectivity index (χ1n) is 4.52. The molecule has 0 spiro atoms. The maximum absolute atomic E-state index is 8.06. The van der Waals surface area contributed by atoms with Crippen LogP contribution in [0.1, 0.15) is 17.5 Å². The van der Waals surface area contributed by atoms with Gasteiger partial charge in [-0.05, 0) is 17.2 Å². The number of azide groups is 1. The monoisotopic (exact) mass is 219 g/mol. The van der Waals surface area contributed by atoms with Crippen LogP contribution in [-0.2, 0) is 5.88 Å². The second kappa shape index (κ2) is 6.78. The SMILES string of the molecule is [N-]=[N+]=NCCC#Cc1ccccc1CCl. The van der Waals surface area contributed by atoms with Crippen molar-refractivity contribution >= 4 is 11.6 Å². The van der Waals surface area contributed by atoms with Crippen LogP contribution >= 0.6 is 11.6 Å². The van der Waals surface area contributed by atoms with Crippen LogP contribution in [-0.4, -0.2) is 6.54 Å². The molecule has 0 unspecified atom stereocenters. The predicted octanol–water partition coefficient (Wildman–Crippen LogP) is 3.48. The van der Waals surface area contributed by atoms with Gasteiger partial charge in [0.25, 0.3) is 0 Å². The van der Waals surface area contributed by atoms with E-state index in [1.165, 1.54) is 0 Å². The van der Waals surface area contributed by atoms with Crippen molar-refractivity contribution in [1.82, 2.24) is 0 Å². The number of nitrogens with zero attached hydrogens (tertiary/aromatic N) is 3. The molecule has 1 aromatic carbocycles. The van der Waals surface area contributed by atoms with Gasteiger partial charge in [0, 0.05) is 29.3 Å². The van der Waals surface area contributed by atoms with Crippen LogP contribution in [0, 0.1) is 11.8 Å². The first kappa shape index (κ1) is 11.5. The van der Waals surface area contributed by atoms with E-state index in [-0.39, 0.29) is 0 Å². The summed E-state index contributed by atoms with van der Waals surface area (Å²) in [7, 11) is 0. The lowest BCUT2D eigenvalue weighted by molar-refractivity contribution is 1.01. The first-order valence-corrected chi connectivity index (χ1v) is 5.05. The van der Waals surface area contributed by atoms with Crippen molar-refractivity contribution in [2.45, 2.75) is 12.3 Å². The molecule has 0 fully saturated rings. The number of halogens is 1. The quantitative estimate of drug-likeness (QED) is 0.187. The summed E-state index contributed by atoms with van der Waals surface area (Å²) in [5.41, 5.74) is 10.0. The summed E-state index contributed by atoms with van der Waals surface area (Å²) in [6.07, 6.45) is 0.570. The summed E-state index contributed by atoms with van der Waals surface area (Å²) < 4.78 is 0. The fraction of sp³-hybridized carbons (Fsp3) is 0.273. The van der Waals surface area contributed by atoms with Gasteiger partial charge in [0.15, 0.2) is 0 Å². The Bertz CT molecular complexity index is 425. The molecular formula is C11H10ClN3. The van der Waals surface area contributed by atoms with Gasteiger partial charge in [0.05, 0.1) is 0 Å². The van der Waals surface area contributed by atoms with Gasteiger partial charge in [-0.25, -0.2) is 0 Å². The summed E-state index contributed by atoms with van der Waals surface area (Å²) in [6.45, 7) is 0.409. The van der Waals surface area contributed by atoms with Gasteiger partial charge in [0.2, 0.25) is 0 Å². The van der Waals surface area contributed by atoms with E-state index in [2.05, 4.69) is 21.9 Å². The van der Waals surface area contributed by atoms with E-state index < -0.39 is 0 Å². The third kappa shape index (κ3) is 3.95. The summed E-state index contributed by atoms with van der Waals surface area (Å²) in [6, 6.07) is 7.74. The highest BCUT2D eigenvalue weighted by atomic mass is 35.5. The molecule has 0 bridgehead atoms. The molecule has 15 heavy (non-hydrogen) atoms. The molecule has 3 nitrogen and oxygen atoms in total. The second-order valence-corrected chi connectivity index (χ2v) is 3.06. The Balaban J connectivity index is 2.66. The zero-order valence-electron chi connectivity index (χ0n) is 8.15. The van der Waals surface area contributed by atoms with Crippen molar-refractivity contribution < 1.29 is 0 Å². The maximum Gasteiger partial charge on any atom is 0.0486 e. The summed E-state index contributed by atoms with van der Waals surface area (Å²) in [5.74, 6) is 6.40. The molecule has 0 heterocycles. The molecule has 0 saturated heterocycles. The van der Waals surface area contributed by atoms with E-state index in [4.69, 9.17) is 17.1 Å². The van der Waals surface area contributed by atoms with Crippen molar-refractivity contribution in [3.8, 4) is 11.8 Å². The highest BCUT2D eigenvalue weighted by Gasteiger charge is 1.94. The molecule has 0 N–H and O–H groups in total. The Morgan fingerprint density at radius 2 is 2.20 bits per heavy atom. The van der Waals surface area contributed by atoms with Gasteiger partial charge in [-0.2, -0.15) is 0 Å². The zero-order chi connectivity index (χ0) is 10.9. The van der Waals surface area contributed by atoms with Gasteiger partial charge in [0.1, 0.15) is 0 Å². The molecule has 0 aliphatic rings. The largest absolute Gasteiger partial charge is 0.122 e. The van der Waals surface area contributed by atoms with E-state index >= 15 is 0 Å². The Kier molecular flexibility index (Phi) is 5.18. The van der Waals surface area contributed by atoms with Crippen LogP contribution in [0.5, 0.6) is 0 Å². The fourth-order valence-corrected chi connectivity index (χ4v) is 1.30. The molecule has 0 radical (unpaired) electrons. The van der Waals surface area contributed by atoms with E-state index in [9.17, 15) is 0 Å². The second-order valence-electron chi connectivity index (χ2n) is 2.80. The molecular weight excluding hydrogens is 210 g/mol. The molecule has 4 heteroatoms. The normalized spacial score (nSPS) is 8.60. The van der Waals surface area contributed by atoms with Gasteiger partial charge in [-0.15, -0.1) is 11.6 Å². The number of rotatable bonds is 3. The zero-order valence-corrected chi connectivity index (χ0v) is 8.91. The van der Waals surface area contributed by atoms with Gasteiger partial charge >= 0.3 is 0 Å². The average Bonchev–Trinajstić information content (AvgIpc) is 2.29. The molecule has 0 atom stereocenters. The van der Waals surface area contributed by atoms with Crippen molar-refractivity contribution in [1.29, 1.82) is 0 Å². The lowest BCUT2D eigenvalue weighted by Crippen LogP contribution is -1.84. The number of alkyl halides is 1. The molecule has 76 valence electrons. The smallest absolute Gasteiger partial charge is 0.0486 e. The van der Waals surface area contributed by atoms with Crippen LogP contribution in [0.15, 0.2) is 29.4 Å². The third-order valence-corrected chi connectivity index (χ3v) is 2.07. The van der Waals surface area contributed by atoms with Crippen molar-refractivity contribution in [3.63, 3.8) is 0 Å². The van der Waals surface area contributed by atoms with E-state index in [1.54, 1.807) is 0 Å². The summed E-state index contributed by atoms with van der Waals surface area (Å²) >= 11 is 5.76. The topological polar surface area (TPSA) is 48.8 Å². The predicted molar refractivity (Wildman–Crippen MR) is 61.5 cm³/mol. The highest BCUT2D eigenvalue weighted by molar-refractivity contribution is 6.17. The van der Waals surface area contributed by atoms with Crippen LogP contribution in [0.2, 0.25) is 0 Å². The first-order chi connectivity index (χ1) is 7.38. The molecule has 0 saturated carbocycles. The van der Waals surface area contributed by atoms with Crippen LogP contribution in [0.25, 0.3) is 10.4 Å². The van der Waals surface area contributed by atoms with Gasteiger partial charge < -0.3 is 0 Å². The number of hydrogen-bond donors (Lipinski definition) is 0. The molecule has 1 aromatic rings. The maximum atomic E-state index is 8.06. The third-order valence-electron chi connectivity index (χ3n) is 1.78. The average molecular weight is 220 g/mol.